The largest absolute Gasteiger partial charge is 0.481 e. The SMILES string of the molecule is COCC(C)OCC(O)CN1CCCCC1CC(=O)O. The van der Waals surface area contributed by atoms with Crippen LogP contribution >= 0.6 is 0 Å². The molecule has 1 aliphatic heterocycles. The molecule has 1 rings (SSSR count). The summed E-state index contributed by atoms with van der Waals surface area (Å²) in [6.07, 6.45) is 2.51. The van der Waals surface area contributed by atoms with Crippen LogP contribution in [0.3, 0.4) is 0 Å². The number of carboxylic acids is 1. The van der Waals surface area contributed by atoms with Crippen molar-refractivity contribution in [3.63, 3.8) is 0 Å². The maximum atomic E-state index is 10.9. The number of hydrogen-bond acceptors (Lipinski definition) is 5. The minimum atomic E-state index is -0.777. The zero-order valence-electron chi connectivity index (χ0n) is 12.5. The average molecular weight is 289 g/mol. The molecular weight excluding hydrogens is 262 g/mol. The summed E-state index contributed by atoms with van der Waals surface area (Å²) in [7, 11) is 1.61. The Labute approximate surface area is 120 Å². The number of carboxylic acid groups (broad SMARTS) is 1. The molecule has 1 fully saturated rings. The van der Waals surface area contributed by atoms with E-state index in [0.717, 1.165) is 25.8 Å². The van der Waals surface area contributed by atoms with Gasteiger partial charge in [0.1, 0.15) is 0 Å². The first-order valence-electron chi connectivity index (χ1n) is 7.27. The zero-order valence-corrected chi connectivity index (χ0v) is 12.5. The number of likely N-dealkylation sites (tertiary alicyclic amines) is 1. The van der Waals surface area contributed by atoms with Crippen LogP contribution < -0.4 is 0 Å². The Hall–Kier alpha value is -0.690. The summed E-state index contributed by atoms with van der Waals surface area (Å²) in [5.41, 5.74) is 0. The highest BCUT2D eigenvalue weighted by molar-refractivity contribution is 5.67. The molecule has 20 heavy (non-hydrogen) atoms. The molecule has 0 saturated carbocycles. The molecule has 0 amide bonds. The standard InChI is InChI=1S/C14H27NO5/c1-11(9-19-2)20-10-13(16)8-15-6-4-3-5-12(15)7-14(17)18/h11-13,16H,3-10H2,1-2H3,(H,17,18). The van der Waals surface area contributed by atoms with Crippen LogP contribution in [0.5, 0.6) is 0 Å². The molecule has 0 bridgehead atoms. The van der Waals surface area contributed by atoms with Crippen molar-refractivity contribution in [3.8, 4) is 0 Å². The maximum Gasteiger partial charge on any atom is 0.304 e. The Kier molecular flexibility index (Phi) is 8.06. The highest BCUT2D eigenvalue weighted by Gasteiger charge is 2.26. The van der Waals surface area contributed by atoms with E-state index in [-0.39, 0.29) is 25.2 Å². The summed E-state index contributed by atoms with van der Waals surface area (Å²) in [6.45, 7) is 3.96. The molecule has 0 aromatic carbocycles. The van der Waals surface area contributed by atoms with Crippen LogP contribution in [0.1, 0.15) is 32.6 Å². The minimum absolute atomic E-state index is 0.0345. The summed E-state index contributed by atoms with van der Waals surface area (Å²) >= 11 is 0. The number of ether oxygens (including phenoxy) is 2. The molecular formula is C14H27NO5. The molecule has 1 saturated heterocycles. The van der Waals surface area contributed by atoms with Gasteiger partial charge in [0.25, 0.3) is 0 Å². The monoisotopic (exact) mass is 289 g/mol. The lowest BCUT2D eigenvalue weighted by Crippen LogP contribution is -2.45. The maximum absolute atomic E-state index is 10.9. The zero-order chi connectivity index (χ0) is 15.0. The Balaban J connectivity index is 2.33. The van der Waals surface area contributed by atoms with E-state index in [1.165, 1.54) is 0 Å². The molecule has 0 aromatic rings. The molecule has 3 atom stereocenters. The van der Waals surface area contributed by atoms with Crippen molar-refractivity contribution in [1.82, 2.24) is 4.90 Å². The number of carbonyl (C=O) groups is 1. The molecule has 2 N–H and O–H groups in total. The van der Waals surface area contributed by atoms with Crippen LogP contribution in [0.4, 0.5) is 0 Å². The summed E-state index contributed by atoms with van der Waals surface area (Å²) in [6, 6.07) is 0.0345. The highest BCUT2D eigenvalue weighted by atomic mass is 16.5. The first kappa shape index (κ1) is 17.4. The normalized spacial score (nSPS) is 23.4. The van der Waals surface area contributed by atoms with Gasteiger partial charge in [-0.25, -0.2) is 0 Å². The van der Waals surface area contributed by atoms with Crippen molar-refractivity contribution >= 4 is 5.97 Å². The fourth-order valence-electron chi connectivity index (χ4n) is 2.61. The summed E-state index contributed by atoms with van der Waals surface area (Å²) in [5.74, 6) is -0.777. The van der Waals surface area contributed by atoms with Crippen LogP contribution in [-0.2, 0) is 14.3 Å². The highest BCUT2D eigenvalue weighted by Crippen LogP contribution is 2.20. The number of β-amino-alcohol motifs (C(OH)–C–C–N with tert-alkyl or cyclic N) is 1. The molecule has 118 valence electrons. The second kappa shape index (κ2) is 9.28. The quantitative estimate of drug-likeness (QED) is 0.651. The summed E-state index contributed by atoms with van der Waals surface area (Å²) in [4.78, 5) is 12.9. The number of methoxy groups -OCH3 is 1. The van der Waals surface area contributed by atoms with Gasteiger partial charge in [0.05, 0.1) is 31.8 Å². The van der Waals surface area contributed by atoms with Gasteiger partial charge in [0.2, 0.25) is 0 Å². The van der Waals surface area contributed by atoms with E-state index in [1.807, 2.05) is 6.92 Å². The first-order valence-corrected chi connectivity index (χ1v) is 7.27. The Morgan fingerprint density at radius 3 is 2.80 bits per heavy atom. The summed E-state index contributed by atoms with van der Waals surface area (Å²) in [5, 5.41) is 18.9. The number of rotatable bonds is 9. The van der Waals surface area contributed by atoms with Gasteiger partial charge < -0.3 is 19.7 Å². The topological polar surface area (TPSA) is 79.2 Å². The molecule has 6 heteroatoms. The van der Waals surface area contributed by atoms with E-state index < -0.39 is 12.1 Å². The molecule has 3 unspecified atom stereocenters. The van der Waals surface area contributed by atoms with Crippen LogP contribution in [0.15, 0.2) is 0 Å². The number of aliphatic hydroxyl groups is 1. The average Bonchev–Trinajstić information content (AvgIpc) is 2.38. The van der Waals surface area contributed by atoms with E-state index in [9.17, 15) is 9.90 Å². The van der Waals surface area contributed by atoms with Crippen molar-refractivity contribution < 1.29 is 24.5 Å². The fraction of sp³-hybridized carbons (Fsp3) is 0.929. The van der Waals surface area contributed by atoms with Crippen LogP contribution in [0, 0.1) is 0 Å². The first-order chi connectivity index (χ1) is 9.52. The third-order valence-electron chi connectivity index (χ3n) is 3.58. The van der Waals surface area contributed by atoms with Crippen molar-refractivity contribution in [2.45, 2.75) is 50.9 Å². The Morgan fingerprint density at radius 2 is 2.15 bits per heavy atom. The predicted octanol–water partition coefficient (Wildman–Crippen LogP) is 0.728. The van der Waals surface area contributed by atoms with Crippen LogP contribution in [-0.4, -0.2) is 72.7 Å². The lowest BCUT2D eigenvalue weighted by atomic mass is 9.99. The predicted molar refractivity (Wildman–Crippen MR) is 74.8 cm³/mol. The van der Waals surface area contributed by atoms with Crippen molar-refractivity contribution in [3.05, 3.63) is 0 Å². The van der Waals surface area contributed by atoms with Crippen molar-refractivity contribution in [2.24, 2.45) is 0 Å². The number of hydrogen-bond donors (Lipinski definition) is 2. The molecule has 6 nitrogen and oxygen atoms in total. The lowest BCUT2D eigenvalue weighted by Gasteiger charge is -2.36. The van der Waals surface area contributed by atoms with Gasteiger partial charge in [-0.1, -0.05) is 6.42 Å². The van der Waals surface area contributed by atoms with Crippen molar-refractivity contribution in [1.29, 1.82) is 0 Å². The van der Waals surface area contributed by atoms with E-state index in [0.29, 0.717) is 13.2 Å². The van der Waals surface area contributed by atoms with Crippen molar-refractivity contribution in [2.75, 3.05) is 33.4 Å². The van der Waals surface area contributed by atoms with Gasteiger partial charge in [0.15, 0.2) is 0 Å². The fourth-order valence-corrected chi connectivity index (χ4v) is 2.61. The molecule has 0 spiro atoms. The second-order valence-corrected chi connectivity index (χ2v) is 5.50. The number of piperidine rings is 1. The van der Waals surface area contributed by atoms with E-state index >= 15 is 0 Å². The van der Waals surface area contributed by atoms with E-state index in [1.54, 1.807) is 7.11 Å². The number of nitrogens with zero attached hydrogens (tertiary/aromatic N) is 1. The third-order valence-corrected chi connectivity index (χ3v) is 3.58. The van der Waals surface area contributed by atoms with Gasteiger partial charge in [-0.3, -0.25) is 9.69 Å². The Bertz CT molecular complexity index is 287. The van der Waals surface area contributed by atoms with Gasteiger partial charge in [0, 0.05) is 19.7 Å². The van der Waals surface area contributed by atoms with Gasteiger partial charge >= 0.3 is 5.97 Å². The number of aliphatic hydroxyl groups excluding tert-OH is 1. The van der Waals surface area contributed by atoms with E-state index in [4.69, 9.17) is 14.6 Å². The van der Waals surface area contributed by atoms with Gasteiger partial charge in [-0.15, -0.1) is 0 Å². The molecule has 1 aliphatic rings. The van der Waals surface area contributed by atoms with Gasteiger partial charge in [-0.05, 0) is 26.3 Å². The smallest absolute Gasteiger partial charge is 0.304 e. The molecule has 1 heterocycles. The van der Waals surface area contributed by atoms with Gasteiger partial charge in [-0.2, -0.15) is 0 Å². The Morgan fingerprint density at radius 1 is 1.40 bits per heavy atom. The lowest BCUT2D eigenvalue weighted by molar-refractivity contribution is -0.139. The molecule has 0 radical (unpaired) electrons. The molecule has 0 aromatic heterocycles. The number of aliphatic carboxylic acids is 1. The second-order valence-electron chi connectivity index (χ2n) is 5.50. The third kappa shape index (κ3) is 6.65. The molecule has 0 aliphatic carbocycles. The van der Waals surface area contributed by atoms with E-state index in [2.05, 4.69) is 4.90 Å². The van der Waals surface area contributed by atoms with Crippen LogP contribution in [0.2, 0.25) is 0 Å². The summed E-state index contributed by atoms with van der Waals surface area (Å²) < 4.78 is 10.4. The minimum Gasteiger partial charge on any atom is -0.481 e. The van der Waals surface area contributed by atoms with Crippen LogP contribution in [0.25, 0.3) is 0 Å².